The predicted octanol–water partition coefficient (Wildman–Crippen LogP) is 4.24. The van der Waals surface area contributed by atoms with E-state index in [0.29, 0.717) is 23.5 Å². The van der Waals surface area contributed by atoms with Crippen LogP contribution in [0.3, 0.4) is 0 Å². The normalized spacial score (nSPS) is 10.4. The lowest BCUT2D eigenvalue weighted by Gasteiger charge is -2.11. The van der Waals surface area contributed by atoms with Crippen LogP contribution >= 0.6 is 0 Å². The fraction of sp³-hybridized carbons (Fsp3) is 0.136. The Morgan fingerprint density at radius 1 is 1.18 bits per heavy atom. The van der Waals surface area contributed by atoms with Crippen molar-refractivity contribution in [3.05, 3.63) is 71.4 Å². The highest BCUT2D eigenvalue weighted by Gasteiger charge is 2.10. The van der Waals surface area contributed by atoms with E-state index in [4.69, 9.17) is 15.9 Å². The van der Waals surface area contributed by atoms with Crippen molar-refractivity contribution in [1.82, 2.24) is 4.98 Å². The van der Waals surface area contributed by atoms with E-state index in [2.05, 4.69) is 10.3 Å². The number of nitrogens with zero attached hydrogens (tertiary/aromatic N) is 1. The zero-order valence-corrected chi connectivity index (χ0v) is 15.8. The number of anilines is 1. The van der Waals surface area contributed by atoms with Crippen LogP contribution in [0, 0.1) is 5.41 Å². The first kappa shape index (κ1) is 19.1. The van der Waals surface area contributed by atoms with Gasteiger partial charge in [0.15, 0.2) is 0 Å². The molecule has 142 valence electrons. The molecule has 3 aromatic rings. The number of aryl methyl sites for hydroxylation is 1. The van der Waals surface area contributed by atoms with Gasteiger partial charge in [-0.3, -0.25) is 9.78 Å². The lowest BCUT2D eigenvalue weighted by molar-refractivity contribution is 0.0999. The Bertz CT molecular complexity index is 1030. The number of rotatable bonds is 7. The largest absolute Gasteiger partial charge is 0.457 e. The van der Waals surface area contributed by atoms with Crippen molar-refractivity contribution in [1.29, 1.82) is 5.41 Å². The Labute approximate surface area is 163 Å². The van der Waals surface area contributed by atoms with Crippen LogP contribution in [0.1, 0.15) is 28.4 Å². The summed E-state index contributed by atoms with van der Waals surface area (Å²) in [6.45, 7) is 1.98. The van der Waals surface area contributed by atoms with Gasteiger partial charge in [0.2, 0.25) is 5.91 Å². The highest BCUT2D eigenvalue weighted by Crippen LogP contribution is 2.29. The molecule has 0 aliphatic heterocycles. The molecule has 1 amide bonds. The Hall–Kier alpha value is -3.67. The molecule has 1 heterocycles. The van der Waals surface area contributed by atoms with E-state index in [1.54, 1.807) is 25.4 Å². The van der Waals surface area contributed by atoms with Crippen LogP contribution in [0.5, 0.6) is 11.5 Å². The number of benzene rings is 2. The summed E-state index contributed by atoms with van der Waals surface area (Å²) >= 11 is 0. The molecule has 6 heteroatoms. The van der Waals surface area contributed by atoms with Crippen molar-refractivity contribution < 1.29 is 9.53 Å². The summed E-state index contributed by atoms with van der Waals surface area (Å²) in [5.41, 5.74) is 10.1. The number of amides is 1. The Balaban J connectivity index is 1.91. The number of primary amides is 1. The van der Waals surface area contributed by atoms with Crippen molar-refractivity contribution >= 4 is 17.8 Å². The number of carbonyl (C=O) groups excluding carboxylic acids is 1. The zero-order chi connectivity index (χ0) is 20.1. The van der Waals surface area contributed by atoms with Crippen LogP contribution in [0.25, 0.3) is 11.3 Å². The minimum atomic E-state index is -0.429. The summed E-state index contributed by atoms with van der Waals surface area (Å²) in [5, 5.41) is 10.5. The number of pyridine rings is 1. The van der Waals surface area contributed by atoms with E-state index in [-0.39, 0.29) is 0 Å². The molecule has 2 aromatic carbocycles. The standard InChI is InChI=1S/C22H22N4O2/c1-3-14-10-15(5-7-19(14)22(24)27)21-12-18(8-9-26-21)28-17-6-4-16(13-23)20(11-17)25-2/h4-13,23,25H,3H2,1-2H3,(H2,24,27). The maximum Gasteiger partial charge on any atom is 0.248 e. The second-order valence-corrected chi connectivity index (χ2v) is 6.21. The second kappa shape index (κ2) is 8.35. The first-order valence-electron chi connectivity index (χ1n) is 8.95. The summed E-state index contributed by atoms with van der Waals surface area (Å²) in [6, 6.07) is 14.6. The number of aromatic nitrogens is 1. The van der Waals surface area contributed by atoms with Crippen LogP contribution in [-0.2, 0) is 6.42 Å². The SMILES string of the molecule is CCc1cc(-c2cc(Oc3ccc(C=N)c(NC)c3)ccn2)ccc1C(N)=O. The van der Waals surface area contributed by atoms with E-state index < -0.39 is 5.91 Å². The van der Waals surface area contributed by atoms with Crippen LogP contribution in [0.2, 0.25) is 0 Å². The molecule has 6 nitrogen and oxygen atoms in total. The van der Waals surface area contributed by atoms with E-state index in [1.165, 1.54) is 6.21 Å². The fourth-order valence-corrected chi connectivity index (χ4v) is 3.00. The molecule has 0 aliphatic carbocycles. The van der Waals surface area contributed by atoms with Crippen molar-refractivity contribution in [2.24, 2.45) is 5.73 Å². The molecular formula is C22H22N4O2. The maximum absolute atomic E-state index is 11.6. The lowest BCUT2D eigenvalue weighted by Crippen LogP contribution is -2.13. The monoisotopic (exact) mass is 374 g/mol. The van der Waals surface area contributed by atoms with E-state index in [0.717, 1.165) is 28.1 Å². The highest BCUT2D eigenvalue weighted by molar-refractivity contribution is 5.95. The third-order valence-corrected chi connectivity index (χ3v) is 4.46. The molecule has 0 saturated carbocycles. The summed E-state index contributed by atoms with van der Waals surface area (Å²) in [6.07, 6.45) is 3.68. The summed E-state index contributed by atoms with van der Waals surface area (Å²) < 4.78 is 5.97. The molecule has 0 bridgehead atoms. The van der Waals surface area contributed by atoms with Crippen molar-refractivity contribution in [3.63, 3.8) is 0 Å². The fourth-order valence-electron chi connectivity index (χ4n) is 3.00. The molecule has 0 atom stereocenters. The number of ether oxygens (including phenoxy) is 1. The number of nitrogens with two attached hydrogens (primary N) is 1. The Morgan fingerprint density at radius 3 is 2.64 bits per heavy atom. The van der Waals surface area contributed by atoms with Crippen LogP contribution < -0.4 is 15.8 Å². The van der Waals surface area contributed by atoms with Gasteiger partial charge in [-0.15, -0.1) is 0 Å². The summed E-state index contributed by atoms with van der Waals surface area (Å²) in [7, 11) is 1.80. The smallest absolute Gasteiger partial charge is 0.248 e. The highest BCUT2D eigenvalue weighted by atomic mass is 16.5. The molecule has 0 unspecified atom stereocenters. The van der Waals surface area contributed by atoms with Crippen LogP contribution in [0.4, 0.5) is 5.69 Å². The summed E-state index contributed by atoms with van der Waals surface area (Å²) in [5.74, 6) is 0.874. The Morgan fingerprint density at radius 2 is 1.96 bits per heavy atom. The third kappa shape index (κ3) is 4.01. The molecule has 3 rings (SSSR count). The van der Waals surface area contributed by atoms with Crippen molar-refractivity contribution in [3.8, 4) is 22.8 Å². The molecule has 0 aliphatic rings. The molecular weight excluding hydrogens is 352 g/mol. The van der Waals surface area contributed by atoms with Gasteiger partial charge in [-0.1, -0.05) is 13.0 Å². The van der Waals surface area contributed by atoms with Gasteiger partial charge in [0.1, 0.15) is 11.5 Å². The quantitative estimate of drug-likeness (QED) is 0.538. The van der Waals surface area contributed by atoms with Crippen molar-refractivity contribution in [2.75, 3.05) is 12.4 Å². The zero-order valence-electron chi connectivity index (χ0n) is 15.8. The van der Waals surface area contributed by atoms with Gasteiger partial charge in [-0.25, -0.2) is 0 Å². The Kier molecular flexibility index (Phi) is 5.69. The molecule has 4 N–H and O–H groups in total. The van der Waals surface area contributed by atoms with Gasteiger partial charge < -0.3 is 21.2 Å². The molecule has 0 saturated heterocycles. The minimum absolute atomic E-state index is 0.429. The number of hydrogen-bond donors (Lipinski definition) is 3. The number of carbonyl (C=O) groups is 1. The molecule has 0 radical (unpaired) electrons. The van der Waals surface area contributed by atoms with Gasteiger partial charge in [-0.2, -0.15) is 0 Å². The van der Waals surface area contributed by atoms with Gasteiger partial charge in [-0.05, 0) is 42.3 Å². The molecule has 28 heavy (non-hydrogen) atoms. The second-order valence-electron chi connectivity index (χ2n) is 6.21. The predicted molar refractivity (Wildman–Crippen MR) is 112 cm³/mol. The van der Waals surface area contributed by atoms with E-state index in [9.17, 15) is 4.79 Å². The van der Waals surface area contributed by atoms with Gasteiger partial charge in [0.05, 0.1) is 5.69 Å². The molecule has 0 spiro atoms. The first-order chi connectivity index (χ1) is 13.5. The van der Waals surface area contributed by atoms with Crippen LogP contribution in [0.15, 0.2) is 54.7 Å². The first-order valence-corrected chi connectivity index (χ1v) is 8.95. The average Bonchev–Trinajstić information content (AvgIpc) is 2.73. The molecule has 1 aromatic heterocycles. The lowest BCUT2D eigenvalue weighted by atomic mass is 9.99. The van der Waals surface area contributed by atoms with Gasteiger partial charge >= 0.3 is 0 Å². The van der Waals surface area contributed by atoms with Gasteiger partial charge in [0, 0.05) is 54.0 Å². The van der Waals surface area contributed by atoms with Crippen molar-refractivity contribution in [2.45, 2.75) is 13.3 Å². The van der Waals surface area contributed by atoms with Crippen LogP contribution in [-0.4, -0.2) is 24.2 Å². The average molecular weight is 374 g/mol. The van der Waals surface area contributed by atoms with Gasteiger partial charge in [0.25, 0.3) is 0 Å². The molecule has 0 fully saturated rings. The third-order valence-electron chi connectivity index (χ3n) is 4.46. The number of nitrogens with one attached hydrogen (secondary N) is 2. The van der Waals surface area contributed by atoms with E-state index in [1.807, 2.05) is 43.3 Å². The minimum Gasteiger partial charge on any atom is -0.457 e. The topological polar surface area (TPSA) is 101 Å². The maximum atomic E-state index is 11.6. The van der Waals surface area contributed by atoms with E-state index >= 15 is 0 Å². The number of hydrogen-bond acceptors (Lipinski definition) is 5. The summed E-state index contributed by atoms with van der Waals surface area (Å²) in [4.78, 5) is 16.0.